The van der Waals surface area contributed by atoms with E-state index in [1.807, 2.05) is 29.6 Å². The third kappa shape index (κ3) is 3.78. The van der Waals surface area contributed by atoms with Gasteiger partial charge in [0.2, 0.25) is 0 Å². The van der Waals surface area contributed by atoms with Crippen molar-refractivity contribution in [3.05, 3.63) is 81.8 Å². The summed E-state index contributed by atoms with van der Waals surface area (Å²) in [6.45, 7) is 0.407. The maximum absolute atomic E-state index is 12.7. The van der Waals surface area contributed by atoms with E-state index < -0.39 is 0 Å². The van der Waals surface area contributed by atoms with E-state index in [4.69, 9.17) is 4.74 Å². The lowest BCUT2D eigenvalue weighted by atomic mass is 9.87. The molecule has 0 bridgehead atoms. The van der Waals surface area contributed by atoms with Crippen molar-refractivity contribution in [1.29, 1.82) is 0 Å². The Balaban J connectivity index is 1.44. The number of fused-ring (bicyclic) bond motifs is 1. The Bertz CT molecular complexity index is 893. The molecule has 2 aromatic carbocycles. The second kappa shape index (κ2) is 7.70. The van der Waals surface area contributed by atoms with Crippen LogP contribution in [0, 0.1) is 0 Å². The lowest BCUT2D eigenvalue weighted by Gasteiger charge is -2.26. The van der Waals surface area contributed by atoms with Gasteiger partial charge in [0.1, 0.15) is 12.4 Å². The second-order valence-corrected chi connectivity index (χ2v) is 7.13. The fourth-order valence-electron chi connectivity index (χ4n) is 3.34. The highest BCUT2D eigenvalue weighted by Gasteiger charge is 2.22. The van der Waals surface area contributed by atoms with Crippen LogP contribution in [0.2, 0.25) is 0 Å². The van der Waals surface area contributed by atoms with Crippen molar-refractivity contribution < 1.29 is 9.53 Å². The Morgan fingerprint density at radius 1 is 1.23 bits per heavy atom. The molecule has 26 heavy (non-hydrogen) atoms. The first kappa shape index (κ1) is 16.8. The average Bonchev–Trinajstić information content (AvgIpc) is 3.20. The van der Waals surface area contributed by atoms with Crippen molar-refractivity contribution in [3.63, 3.8) is 0 Å². The Morgan fingerprint density at radius 2 is 2.15 bits per heavy atom. The van der Waals surface area contributed by atoms with Crippen LogP contribution in [0.4, 0.5) is 0 Å². The summed E-state index contributed by atoms with van der Waals surface area (Å²) in [5.41, 5.74) is 5.87. The predicted molar refractivity (Wildman–Crippen MR) is 102 cm³/mol. The molecular weight excluding hydrogens is 344 g/mol. The molecule has 1 aliphatic carbocycles. The molecule has 0 saturated heterocycles. The summed E-state index contributed by atoms with van der Waals surface area (Å²) in [6, 6.07) is 15.8. The zero-order chi connectivity index (χ0) is 17.8. The van der Waals surface area contributed by atoms with Crippen LogP contribution in [-0.2, 0) is 13.0 Å². The molecule has 4 nitrogen and oxygen atoms in total. The van der Waals surface area contributed by atoms with Gasteiger partial charge in [0.15, 0.2) is 0 Å². The van der Waals surface area contributed by atoms with Crippen molar-refractivity contribution in [2.45, 2.75) is 31.9 Å². The molecule has 132 valence electrons. The number of carbonyl (C=O) groups is 1. The molecule has 1 unspecified atom stereocenters. The normalized spacial score (nSPS) is 15.9. The highest BCUT2D eigenvalue weighted by atomic mass is 32.1. The van der Waals surface area contributed by atoms with Gasteiger partial charge in [0.05, 0.1) is 17.2 Å². The minimum absolute atomic E-state index is 0.0641. The molecule has 1 aliphatic rings. The Hall–Kier alpha value is -2.66. The minimum Gasteiger partial charge on any atom is -0.487 e. The molecule has 0 radical (unpaired) electrons. The number of ether oxygens (including phenoxy) is 1. The number of hydrogen-bond acceptors (Lipinski definition) is 4. The molecule has 1 amide bonds. The smallest absolute Gasteiger partial charge is 0.251 e. The number of nitrogens with zero attached hydrogens (tertiary/aromatic N) is 1. The largest absolute Gasteiger partial charge is 0.487 e. The van der Waals surface area contributed by atoms with E-state index >= 15 is 0 Å². The van der Waals surface area contributed by atoms with Gasteiger partial charge < -0.3 is 10.1 Å². The first-order valence-electron chi connectivity index (χ1n) is 8.78. The molecule has 4 rings (SSSR count). The number of hydrogen-bond donors (Lipinski definition) is 1. The third-order valence-electron chi connectivity index (χ3n) is 4.64. The van der Waals surface area contributed by atoms with E-state index in [1.54, 1.807) is 22.9 Å². The first-order valence-corrected chi connectivity index (χ1v) is 9.72. The Kier molecular flexibility index (Phi) is 4.97. The van der Waals surface area contributed by atoms with Crippen molar-refractivity contribution in [3.8, 4) is 5.75 Å². The topological polar surface area (TPSA) is 51.2 Å². The summed E-state index contributed by atoms with van der Waals surface area (Å²) in [5.74, 6) is 0.612. The van der Waals surface area contributed by atoms with Crippen LogP contribution in [-0.4, -0.2) is 10.9 Å². The summed E-state index contributed by atoms with van der Waals surface area (Å²) in [4.78, 5) is 16.9. The SMILES string of the molecule is O=C(NC1CCCc2ccccc21)c1cccc(OCc2cscn2)c1. The molecule has 5 heteroatoms. The summed E-state index contributed by atoms with van der Waals surface area (Å²) in [5, 5.41) is 5.14. The molecule has 0 saturated carbocycles. The van der Waals surface area contributed by atoms with E-state index in [1.165, 1.54) is 11.1 Å². The van der Waals surface area contributed by atoms with Crippen molar-refractivity contribution >= 4 is 17.2 Å². The fourth-order valence-corrected chi connectivity index (χ4v) is 3.88. The van der Waals surface area contributed by atoms with E-state index in [0.717, 1.165) is 25.0 Å². The average molecular weight is 364 g/mol. The molecule has 0 aliphatic heterocycles. The van der Waals surface area contributed by atoms with Gasteiger partial charge in [0.25, 0.3) is 5.91 Å². The van der Waals surface area contributed by atoms with Crippen LogP contribution < -0.4 is 10.1 Å². The highest BCUT2D eigenvalue weighted by molar-refractivity contribution is 7.07. The first-order chi connectivity index (χ1) is 12.8. The second-order valence-electron chi connectivity index (χ2n) is 6.41. The van der Waals surface area contributed by atoms with Crippen molar-refractivity contribution in [2.75, 3.05) is 0 Å². The highest BCUT2D eigenvalue weighted by Crippen LogP contribution is 2.29. The maximum atomic E-state index is 12.7. The number of benzene rings is 2. The van der Waals surface area contributed by atoms with Crippen LogP contribution in [0.25, 0.3) is 0 Å². The van der Waals surface area contributed by atoms with Gasteiger partial charge in [0, 0.05) is 10.9 Å². The van der Waals surface area contributed by atoms with Gasteiger partial charge >= 0.3 is 0 Å². The van der Waals surface area contributed by atoms with Crippen LogP contribution in [0.5, 0.6) is 5.75 Å². The zero-order valence-corrected chi connectivity index (χ0v) is 15.2. The van der Waals surface area contributed by atoms with E-state index in [-0.39, 0.29) is 11.9 Å². The number of amides is 1. The van der Waals surface area contributed by atoms with Crippen LogP contribution >= 0.6 is 11.3 Å². The monoisotopic (exact) mass is 364 g/mol. The number of aromatic nitrogens is 1. The van der Waals surface area contributed by atoms with Gasteiger partial charge in [-0.15, -0.1) is 11.3 Å². The molecule has 1 N–H and O–H groups in total. The zero-order valence-electron chi connectivity index (χ0n) is 14.4. The lowest BCUT2D eigenvalue weighted by molar-refractivity contribution is 0.0932. The van der Waals surface area contributed by atoms with Gasteiger partial charge in [-0.25, -0.2) is 4.98 Å². The molecule has 0 spiro atoms. The van der Waals surface area contributed by atoms with Crippen LogP contribution in [0.3, 0.4) is 0 Å². The van der Waals surface area contributed by atoms with Crippen LogP contribution in [0.1, 0.15) is 46.1 Å². The standard InChI is InChI=1S/C21H20N2O2S/c24-21(23-20-10-4-6-15-5-1-2-9-19(15)20)16-7-3-8-18(11-16)25-12-17-13-26-14-22-17/h1-3,5,7-9,11,13-14,20H,4,6,10,12H2,(H,23,24). The van der Waals surface area contributed by atoms with Gasteiger partial charge in [-0.2, -0.15) is 0 Å². The van der Waals surface area contributed by atoms with Gasteiger partial charge in [-0.05, 0) is 48.6 Å². The molecule has 0 fully saturated rings. The summed E-state index contributed by atoms with van der Waals surface area (Å²) >= 11 is 1.54. The van der Waals surface area contributed by atoms with Gasteiger partial charge in [-0.3, -0.25) is 4.79 Å². The van der Waals surface area contributed by atoms with Crippen LogP contribution in [0.15, 0.2) is 59.4 Å². The Labute approximate surface area is 156 Å². The molecular formula is C21H20N2O2S. The number of nitrogens with one attached hydrogen (secondary N) is 1. The summed E-state index contributed by atoms with van der Waals surface area (Å²) in [7, 11) is 0. The van der Waals surface area contributed by atoms with Gasteiger partial charge in [-0.1, -0.05) is 30.3 Å². The summed E-state index contributed by atoms with van der Waals surface area (Å²) in [6.07, 6.45) is 3.16. The molecule has 1 aromatic heterocycles. The third-order valence-corrected chi connectivity index (χ3v) is 5.28. The van der Waals surface area contributed by atoms with E-state index in [2.05, 4.69) is 28.5 Å². The predicted octanol–water partition coefficient (Wildman–Crippen LogP) is 4.53. The number of thiazole rings is 1. The quantitative estimate of drug-likeness (QED) is 0.724. The summed E-state index contributed by atoms with van der Waals surface area (Å²) < 4.78 is 5.75. The Morgan fingerprint density at radius 3 is 3.04 bits per heavy atom. The minimum atomic E-state index is -0.0641. The molecule has 3 aromatic rings. The number of carbonyl (C=O) groups excluding carboxylic acids is 1. The van der Waals surface area contributed by atoms with Crippen molar-refractivity contribution in [2.24, 2.45) is 0 Å². The number of aryl methyl sites for hydroxylation is 1. The fraction of sp³-hybridized carbons (Fsp3) is 0.238. The number of rotatable bonds is 5. The maximum Gasteiger partial charge on any atom is 0.251 e. The van der Waals surface area contributed by atoms with E-state index in [9.17, 15) is 4.79 Å². The van der Waals surface area contributed by atoms with Crippen molar-refractivity contribution in [1.82, 2.24) is 10.3 Å². The van der Waals surface area contributed by atoms with E-state index in [0.29, 0.717) is 17.9 Å². The lowest BCUT2D eigenvalue weighted by Crippen LogP contribution is -2.30. The molecule has 1 heterocycles. The molecule has 1 atom stereocenters.